The van der Waals surface area contributed by atoms with Crippen molar-refractivity contribution in [2.45, 2.75) is 50.6 Å². The maximum atomic E-state index is 11.1. The predicted molar refractivity (Wildman–Crippen MR) is 54.7 cm³/mol. The highest BCUT2D eigenvalue weighted by Gasteiger charge is 2.35. The topological polar surface area (TPSA) is 75.3 Å². The summed E-state index contributed by atoms with van der Waals surface area (Å²) in [5.41, 5.74) is 5.00. The van der Waals surface area contributed by atoms with Crippen LogP contribution in [0.2, 0.25) is 0 Å². The SMILES string of the molecule is CCC(NC1(CO)CCCC1)C(N)=O. The molecule has 1 saturated carbocycles. The van der Waals surface area contributed by atoms with Gasteiger partial charge in [-0.3, -0.25) is 10.1 Å². The largest absolute Gasteiger partial charge is 0.394 e. The highest BCUT2D eigenvalue weighted by Crippen LogP contribution is 2.29. The molecule has 0 aromatic heterocycles. The lowest BCUT2D eigenvalue weighted by atomic mass is 9.96. The summed E-state index contributed by atoms with van der Waals surface area (Å²) in [6.45, 7) is 2.01. The molecule has 1 amide bonds. The van der Waals surface area contributed by atoms with Gasteiger partial charge in [0, 0.05) is 5.54 Å². The summed E-state index contributed by atoms with van der Waals surface area (Å²) in [4.78, 5) is 11.1. The third-order valence-corrected chi connectivity index (χ3v) is 3.10. The van der Waals surface area contributed by atoms with Crippen LogP contribution in [0.4, 0.5) is 0 Å². The molecule has 0 aliphatic heterocycles. The van der Waals surface area contributed by atoms with Gasteiger partial charge >= 0.3 is 0 Å². The lowest BCUT2D eigenvalue weighted by molar-refractivity contribution is -0.120. The summed E-state index contributed by atoms with van der Waals surface area (Å²) >= 11 is 0. The molecule has 1 aliphatic rings. The molecule has 0 heterocycles. The Morgan fingerprint density at radius 2 is 2.14 bits per heavy atom. The van der Waals surface area contributed by atoms with E-state index in [-0.39, 0.29) is 24.1 Å². The van der Waals surface area contributed by atoms with Gasteiger partial charge in [0.25, 0.3) is 0 Å². The highest BCUT2D eigenvalue weighted by molar-refractivity contribution is 5.79. The maximum Gasteiger partial charge on any atom is 0.234 e. The van der Waals surface area contributed by atoms with E-state index in [9.17, 15) is 9.90 Å². The van der Waals surface area contributed by atoms with Gasteiger partial charge in [-0.25, -0.2) is 0 Å². The van der Waals surface area contributed by atoms with Crippen molar-refractivity contribution in [3.05, 3.63) is 0 Å². The molecule has 1 fully saturated rings. The first-order valence-electron chi connectivity index (χ1n) is 5.31. The zero-order valence-electron chi connectivity index (χ0n) is 8.75. The molecule has 0 saturated heterocycles. The summed E-state index contributed by atoms with van der Waals surface area (Å²) in [5, 5.41) is 12.5. The van der Waals surface area contributed by atoms with Crippen molar-refractivity contribution in [1.29, 1.82) is 0 Å². The molecular formula is C10H20N2O2. The van der Waals surface area contributed by atoms with E-state index in [4.69, 9.17) is 5.73 Å². The number of hydrogen-bond donors (Lipinski definition) is 3. The summed E-state index contributed by atoms with van der Waals surface area (Å²) in [6.07, 6.45) is 4.78. The van der Waals surface area contributed by atoms with E-state index in [1.807, 2.05) is 6.92 Å². The number of nitrogens with one attached hydrogen (secondary N) is 1. The molecular weight excluding hydrogens is 180 g/mol. The van der Waals surface area contributed by atoms with Crippen molar-refractivity contribution in [2.24, 2.45) is 5.73 Å². The summed E-state index contributed by atoms with van der Waals surface area (Å²) in [6, 6.07) is -0.305. The quantitative estimate of drug-likeness (QED) is 0.591. The second-order valence-electron chi connectivity index (χ2n) is 4.15. The number of amides is 1. The second-order valence-corrected chi connectivity index (χ2v) is 4.15. The standard InChI is InChI=1S/C10H20N2O2/c1-2-8(9(11)14)12-10(7-13)5-3-4-6-10/h8,12-13H,2-7H2,1H3,(H2,11,14). The number of hydrogen-bond acceptors (Lipinski definition) is 3. The fourth-order valence-electron chi connectivity index (χ4n) is 2.14. The Kier molecular flexibility index (Phi) is 3.89. The normalized spacial score (nSPS) is 22.1. The predicted octanol–water partition coefficient (Wildman–Crippen LogP) is 0.145. The Morgan fingerprint density at radius 1 is 1.57 bits per heavy atom. The van der Waals surface area contributed by atoms with Gasteiger partial charge in [-0.15, -0.1) is 0 Å². The molecule has 14 heavy (non-hydrogen) atoms. The molecule has 4 N–H and O–H groups in total. The molecule has 0 aromatic rings. The first kappa shape index (κ1) is 11.5. The van der Waals surface area contributed by atoms with E-state index in [0.717, 1.165) is 25.7 Å². The highest BCUT2D eigenvalue weighted by atomic mass is 16.3. The third-order valence-electron chi connectivity index (χ3n) is 3.10. The van der Waals surface area contributed by atoms with E-state index in [1.54, 1.807) is 0 Å². The fourth-order valence-corrected chi connectivity index (χ4v) is 2.14. The molecule has 1 rings (SSSR count). The third kappa shape index (κ3) is 2.45. The van der Waals surface area contributed by atoms with Crippen LogP contribution in [0.1, 0.15) is 39.0 Å². The lowest BCUT2D eigenvalue weighted by Gasteiger charge is -2.31. The van der Waals surface area contributed by atoms with Crippen LogP contribution in [-0.4, -0.2) is 29.2 Å². The van der Waals surface area contributed by atoms with Gasteiger partial charge in [0.05, 0.1) is 12.6 Å². The summed E-state index contributed by atoms with van der Waals surface area (Å²) in [7, 11) is 0. The van der Waals surface area contributed by atoms with Crippen molar-refractivity contribution in [3.63, 3.8) is 0 Å². The van der Waals surface area contributed by atoms with E-state index < -0.39 is 0 Å². The number of primary amides is 1. The van der Waals surface area contributed by atoms with Gasteiger partial charge in [-0.1, -0.05) is 19.8 Å². The van der Waals surface area contributed by atoms with Crippen molar-refractivity contribution >= 4 is 5.91 Å². The number of carbonyl (C=O) groups is 1. The molecule has 0 radical (unpaired) electrons. The Balaban J connectivity index is 2.58. The van der Waals surface area contributed by atoms with Crippen molar-refractivity contribution in [1.82, 2.24) is 5.32 Å². The Morgan fingerprint density at radius 3 is 2.50 bits per heavy atom. The number of nitrogens with two attached hydrogens (primary N) is 1. The van der Waals surface area contributed by atoms with Crippen LogP contribution in [-0.2, 0) is 4.79 Å². The minimum atomic E-state index is -0.327. The van der Waals surface area contributed by atoms with Crippen LogP contribution in [0.25, 0.3) is 0 Å². The number of aliphatic hydroxyl groups excluding tert-OH is 1. The Hall–Kier alpha value is -0.610. The molecule has 1 atom stereocenters. The minimum absolute atomic E-state index is 0.0940. The second kappa shape index (κ2) is 4.75. The van der Waals surface area contributed by atoms with E-state index >= 15 is 0 Å². The van der Waals surface area contributed by atoms with Gasteiger partial charge in [0.1, 0.15) is 0 Å². The van der Waals surface area contributed by atoms with Gasteiger partial charge in [0.15, 0.2) is 0 Å². The molecule has 1 unspecified atom stereocenters. The number of rotatable bonds is 5. The molecule has 82 valence electrons. The maximum absolute atomic E-state index is 11.1. The Labute approximate surface area is 84.9 Å². The zero-order valence-corrected chi connectivity index (χ0v) is 8.75. The number of carbonyl (C=O) groups excluding carboxylic acids is 1. The van der Waals surface area contributed by atoms with E-state index in [0.29, 0.717) is 6.42 Å². The van der Waals surface area contributed by atoms with Crippen LogP contribution in [0.15, 0.2) is 0 Å². The van der Waals surface area contributed by atoms with Gasteiger partial charge in [0.2, 0.25) is 5.91 Å². The fraction of sp³-hybridized carbons (Fsp3) is 0.900. The molecule has 4 nitrogen and oxygen atoms in total. The van der Waals surface area contributed by atoms with Crippen LogP contribution in [0, 0.1) is 0 Å². The van der Waals surface area contributed by atoms with E-state index in [2.05, 4.69) is 5.32 Å². The first-order chi connectivity index (χ1) is 6.63. The van der Waals surface area contributed by atoms with Gasteiger partial charge in [-0.05, 0) is 19.3 Å². The average Bonchev–Trinajstić information content (AvgIpc) is 2.63. The molecule has 0 bridgehead atoms. The van der Waals surface area contributed by atoms with Crippen LogP contribution < -0.4 is 11.1 Å². The minimum Gasteiger partial charge on any atom is -0.394 e. The smallest absolute Gasteiger partial charge is 0.234 e. The lowest BCUT2D eigenvalue weighted by Crippen LogP contribution is -2.55. The van der Waals surface area contributed by atoms with Gasteiger partial charge < -0.3 is 10.8 Å². The van der Waals surface area contributed by atoms with Crippen molar-refractivity contribution in [2.75, 3.05) is 6.61 Å². The zero-order chi connectivity index (χ0) is 10.6. The van der Waals surface area contributed by atoms with Crippen molar-refractivity contribution in [3.8, 4) is 0 Å². The van der Waals surface area contributed by atoms with Gasteiger partial charge in [-0.2, -0.15) is 0 Å². The molecule has 4 heteroatoms. The monoisotopic (exact) mass is 200 g/mol. The summed E-state index contributed by atoms with van der Waals surface area (Å²) in [5.74, 6) is -0.327. The van der Waals surface area contributed by atoms with Crippen LogP contribution >= 0.6 is 0 Å². The average molecular weight is 200 g/mol. The van der Waals surface area contributed by atoms with Crippen LogP contribution in [0.3, 0.4) is 0 Å². The molecule has 0 spiro atoms. The summed E-state index contributed by atoms with van der Waals surface area (Å²) < 4.78 is 0. The molecule has 1 aliphatic carbocycles. The molecule has 0 aromatic carbocycles. The van der Waals surface area contributed by atoms with E-state index in [1.165, 1.54) is 0 Å². The Bertz CT molecular complexity index is 200. The van der Waals surface area contributed by atoms with Crippen LogP contribution in [0.5, 0.6) is 0 Å². The first-order valence-corrected chi connectivity index (χ1v) is 5.31. The van der Waals surface area contributed by atoms with Crippen molar-refractivity contribution < 1.29 is 9.90 Å². The number of aliphatic hydroxyl groups is 1.